The summed E-state index contributed by atoms with van der Waals surface area (Å²) in [7, 11) is 0. The predicted molar refractivity (Wildman–Crippen MR) is 171 cm³/mol. The molecule has 0 heterocycles. The third kappa shape index (κ3) is 10.4. The molecule has 0 radical (unpaired) electrons. The van der Waals surface area contributed by atoms with Crippen molar-refractivity contribution in [2.75, 3.05) is 0 Å². The van der Waals surface area contributed by atoms with Crippen LogP contribution in [0.4, 0.5) is 0 Å². The number of fused-ring (bicyclic) bond motifs is 1. The van der Waals surface area contributed by atoms with Gasteiger partial charge in [0.25, 0.3) is 0 Å². The molecule has 3 aromatic rings. The molecule has 41 heavy (non-hydrogen) atoms. The van der Waals surface area contributed by atoms with Gasteiger partial charge in [-0.25, -0.2) is 4.79 Å². The maximum absolute atomic E-state index is 13.5. The number of hydrogen-bond acceptors (Lipinski definition) is 4. The highest BCUT2D eigenvalue weighted by Crippen LogP contribution is 2.36. The van der Waals surface area contributed by atoms with Gasteiger partial charge < -0.3 is 14.9 Å². The second-order valence-corrected chi connectivity index (χ2v) is 11.6. The van der Waals surface area contributed by atoms with Gasteiger partial charge in [0, 0.05) is 0 Å². The third-order valence-corrected chi connectivity index (χ3v) is 8.19. The highest BCUT2D eigenvalue weighted by atomic mass is 16.5. The van der Waals surface area contributed by atoms with Crippen molar-refractivity contribution in [1.82, 2.24) is 0 Å². The minimum absolute atomic E-state index is 0.0109. The van der Waals surface area contributed by atoms with Crippen LogP contribution in [0.2, 0.25) is 0 Å². The normalized spacial score (nSPS) is 11.3. The number of phenolic OH excluding ortho intramolecular Hbond substituents is 2. The van der Waals surface area contributed by atoms with E-state index in [9.17, 15) is 15.0 Å². The molecule has 4 heteroatoms. The molecule has 0 amide bonds. The lowest BCUT2D eigenvalue weighted by atomic mass is 9.96. The van der Waals surface area contributed by atoms with Gasteiger partial charge in [-0.3, -0.25) is 0 Å². The van der Waals surface area contributed by atoms with Gasteiger partial charge in [-0.05, 0) is 59.7 Å². The summed E-state index contributed by atoms with van der Waals surface area (Å²) in [4.78, 5) is 13.5. The van der Waals surface area contributed by atoms with Crippen molar-refractivity contribution < 1.29 is 19.7 Å². The zero-order valence-corrected chi connectivity index (χ0v) is 25.6. The van der Waals surface area contributed by atoms with Crippen LogP contribution in [0.3, 0.4) is 0 Å². The second-order valence-electron chi connectivity index (χ2n) is 11.6. The van der Waals surface area contributed by atoms with Crippen molar-refractivity contribution in [3.63, 3.8) is 0 Å². The topological polar surface area (TPSA) is 66.8 Å². The average Bonchev–Trinajstić information content (AvgIpc) is 2.97. The third-order valence-electron chi connectivity index (χ3n) is 8.19. The van der Waals surface area contributed by atoms with Crippen LogP contribution in [0.15, 0.2) is 48.5 Å². The number of esters is 1. The lowest BCUT2D eigenvalue weighted by molar-refractivity contribution is 0.0728. The summed E-state index contributed by atoms with van der Waals surface area (Å²) >= 11 is 0. The number of unbranched alkanes of at least 4 members (excludes halogenated alkanes) is 14. The molecular formula is C37H52O4. The van der Waals surface area contributed by atoms with Crippen molar-refractivity contribution in [2.45, 2.75) is 129 Å². The van der Waals surface area contributed by atoms with Gasteiger partial charge in [0.1, 0.15) is 11.3 Å². The maximum Gasteiger partial charge on any atom is 0.348 e. The average molecular weight is 561 g/mol. The van der Waals surface area contributed by atoms with E-state index in [1.54, 1.807) is 6.07 Å². The highest BCUT2D eigenvalue weighted by molar-refractivity contribution is 6.08. The number of benzene rings is 3. The Morgan fingerprint density at radius 3 is 1.76 bits per heavy atom. The molecule has 224 valence electrons. The summed E-state index contributed by atoms with van der Waals surface area (Å²) in [6.45, 7) is 4.46. The molecule has 0 saturated carbocycles. The fourth-order valence-corrected chi connectivity index (χ4v) is 5.69. The molecule has 0 aliphatic rings. The summed E-state index contributed by atoms with van der Waals surface area (Å²) in [5.41, 5.74) is 1.73. The number of phenols is 2. The molecule has 0 saturated heterocycles. The fourth-order valence-electron chi connectivity index (χ4n) is 5.69. The van der Waals surface area contributed by atoms with Crippen molar-refractivity contribution in [3.05, 3.63) is 65.2 Å². The standard InChI is InChI=1S/C37H52O4/c1-3-5-7-9-11-12-13-14-16-17-22-29-25-21-27-33(35(29)38)41-37(40)34-32-26-20-19-23-30(32)28-31(36(34)39)24-18-15-10-8-6-4-2/h19-21,23,25-28,38-39H,3-18,22,24H2,1-2H3. The molecule has 3 aromatic carbocycles. The molecule has 0 aliphatic heterocycles. The molecule has 0 aromatic heterocycles. The van der Waals surface area contributed by atoms with Crippen LogP contribution >= 0.6 is 0 Å². The number of aromatic hydroxyl groups is 2. The van der Waals surface area contributed by atoms with E-state index in [1.165, 1.54) is 77.0 Å². The lowest BCUT2D eigenvalue weighted by Gasteiger charge is -2.15. The number of para-hydroxylation sites is 1. The summed E-state index contributed by atoms with van der Waals surface area (Å²) in [6.07, 6.45) is 21.0. The van der Waals surface area contributed by atoms with Crippen LogP contribution in [0, 0.1) is 0 Å². The van der Waals surface area contributed by atoms with Crippen LogP contribution in [0.1, 0.15) is 138 Å². The number of carbonyl (C=O) groups excluding carboxylic acids is 1. The first kappa shape index (κ1) is 32.5. The van der Waals surface area contributed by atoms with Crippen LogP contribution < -0.4 is 4.74 Å². The van der Waals surface area contributed by atoms with Crippen molar-refractivity contribution >= 4 is 16.7 Å². The summed E-state index contributed by atoms with van der Waals surface area (Å²) < 4.78 is 5.74. The van der Waals surface area contributed by atoms with Gasteiger partial charge in [0.05, 0.1) is 0 Å². The van der Waals surface area contributed by atoms with E-state index in [0.717, 1.165) is 48.6 Å². The zero-order valence-electron chi connectivity index (χ0n) is 25.6. The van der Waals surface area contributed by atoms with E-state index in [-0.39, 0.29) is 22.8 Å². The van der Waals surface area contributed by atoms with E-state index in [0.29, 0.717) is 11.8 Å². The predicted octanol–water partition coefficient (Wildman–Crippen LogP) is 10.8. The molecule has 0 atom stereocenters. The molecule has 0 unspecified atom stereocenters. The Hall–Kier alpha value is -3.01. The fraction of sp³-hybridized carbons (Fsp3) is 0.541. The number of hydrogen-bond donors (Lipinski definition) is 2. The van der Waals surface area contributed by atoms with E-state index in [4.69, 9.17) is 4.74 Å². The Morgan fingerprint density at radius 2 is 1.15 bits per heavy atom. The molecule has 0 spiro atoms. The van der Waals surface area contributed by atoms with E-state index < -0.39 is 5.97 Å². The number of ether oxygens (including phenoxy) is 1. The van der Waals surface area contributed by atoms with Gasteiger partial charge in [-0.2, -0.15) is 0 Å². The Balaban J connectivity index is 1.60. The second kappa shape index (κ2) is 18.4. The maximum atomic E-state index is 13.5. The molecule has 0 fully saturated rings. The first-order valence-corrected chi connectivity index (χ1v) is 16.3. The summed E-state index contributed by atoms with van der Waals surface area (Å²) in [5.74, 6) is -0.494. The van der Waals surface area contributed by atoms with Crippen molar-refractivity contribution in [2.24, 2.45) is 0 Å². The number of aryl methyl sites for hydroxylation is 2. The van der Waals surface area contributed by atoms with Crippen molar-refractivity contribution in [1.29, 1.82) is 0 Å². The summed E-state index contributed by atoms with van der Waals surface area (Å²) in [5, 5.41) is 23.7. The van der Waals surface area contributed by atoms with Gasteiger partial charge in [0.15, 0.2) is 11.5 Å². The quantitative estimate of drug-likeness (QED) is 0.0819. The Bertz CT molecular complexity index is 1200. The summed E-state index contributed by atoms with van der Waals surface area (Å²) in [6, 6.07) is 14.9. The Kier molecular flexibility index (Phi) is 14.6. The van der Waals surface area contributed by atoms with Gasteiger partial charge in [-0.1, -0.05) is 140 Å². The molecular weight excluding hydrogens is 508 g/mol. The highest BCUT2D eigenvalue weighted by Gasteiger charge is 2.22. The Morgan fingerprint density at radius 1 is 0.610 bits per heavy atom. The molecule has 3 rings (SSSR count). The van der Waals surface area contributed by atoms with Gasteiger partial charge in [0.2, 0.25) is 0 Å². The monoisotopic (exact) mass is 560 g/mol. The number of rotatable bonds is 20. The lowest BCUT2D eigenvalue weighted by Crippen LogP contribution is -2.11. The first-order chi connectivity index (χ1) is 20.1. The zero-order chi connectivity index (χ0) is 29.3. The molecule has 4 nitrogen and oxygen atoms in total. The van der Waals surface area contributed by atoms with Crippen molar-refractivity contribution in [3.8, 4) is 17.2 Å². The smallest absolute Gasteiger partial charge is 0.348 e. The SMILES string of the molecule is CCCCCCCCCCCCc1cccc(OC(=O)c2c(O)c(CCCCCCCC)cc3ccccc23)c1O. The number of carbonyl (C=O) groups is 1. The van der Waals surface area contributed by atoms with E-state index >= 15 is 0 Å². The molecule has 0 aliphatic carbocycles. The van der Waals surface area contributed by atoms with Gasteiger partial charge >= 0.3 is 5.97 Å². The largest absolute Gasteiger partial charge is 0.507 e. The van der Waals surface area contributed by atoms with Crippen LogP contribution in [0.5, 0.6) is 17.2 Å². The van der Waals surface area contributed by atoms with Crippen LogP contribution in [-0.2, 0) is 12.8 Å². The Labute approximate surface area is 248 Å². The van der Waals surface area contributed by atoms with Crippen LogP contribution in [-0.4, -0.2) is 16.2 Å². The molecule has 2 N–H and O–H groups in total. The first-order valence-electron chi connectivity index (χ1n) is 16.3. The van der Waals surface area contributed by atoms with E-state index in [1.807, 2.05) is 42.5 Å². The van der Waals surface area contributed by atoms with Crippen LogP contribution in [0.25, 0.3) is 10.8 Å². The minimum Gasteiger partial charge on any atom is -0.507 e. The van der Waals surface area contributed by atoms with E-state index in [2.05, 4.69) is 13.8 Å². The van der Waals surface area contributed by atoms with Gasteiger partial charge in [-0.15, -0.1) is 0 Å². The minimum atomic E-state index is -0.644. The molecule has 0 bridgehead atoms.